The van der Waals surface area contributed by atoms with Crippen molar-refractivity contribution in [2.45, 2.75) is 11.8 Å². The minimum Gasteiger partial charge on any atom is -0.493 e. The van der Waals surface area contributed by atoms with Crippen LogP contribution in [0.3, 0.4) is 0 Å². The second-order valence-electron chi connectivity index (χ2n) is 5.62. The Morgan fingerprint density at radius 2 is 1.70 bits per heavy atom. The highest BCUT2D eigenvalue weighted by molar-refractivity contribution is 5.50. The Balaban J connectivity index is 1.79. The van der Waals surface area contributed by atoms with Crippen molar-refractivity contribution in [2.75, 3.05) is 25.6 Å². The normalized spacial score (nSPS) is 19.0. The molecule has 0 aromatic heterocycles. The van der Waals surface area contributed by atoms with Crippen LogP contribution in [0, 0.1) is 0 Å². The fourth-order valence-corrected chi connectivity index (χ4v) is 3.09. The average molecular weight is 267 g/mol. The molecule has 3 nitrogen and oxygen atoms in total. The number of ether oxygens (including phenoxy) is 2. The number of nitrogen functional groups attached to an aromatic ring is 1. The summed E-state index contributed by atoms with van der Waals surface area (Å²) in [6.07, 6.45) is 1.00. The van der Waals surface area contributed by atoms with Crippen molar-refractivity contribution in [2.24, 2.45) is 0 Å². The van der Waals surface area contributed by atoms with Gasteiger partial charge in [-0.05, 0) is 34.9 Å². The summed E-state index contributed by atoms with van der Waals surface area (Å²) in [6.45, 7) is 2.26. The van der Waals surface area contributed by atoms with Gasteiger partial charge in [-0.1, -0.05) is 24.3 Å². The summed E-state index contributed by atoms with van der Waals surface area (Å²) in [7, 11) is 0. The lowest BCUT2D eigenvalue weighted by atomic mass is 9.72. The molecule has 3 heteroatoms. The molecule has 1 fully saturated rings. The van der Waals surface area contributed by atoms with Gasteiger partial charge >= 0.3 is 0 Å². The standard InChI is InChI=1S/C17H17NO2/c18-15-4-1-13(2-5-15)17(10-19-11-17)14-3-6-16-12(9-14)7-8-20-16/h1-6,9H,7-8,10-11,18H2. The van der Waals surface area contributed by atoms with Gasteiger partial charge in [0.15, 0.2) is 0 Å². The molecular formula is C17H17NO2. The minimum atomic E-state index is -0.0225. The molecular weight excluding hydrogens is 250 g/mol. The van der Waals surface area contributed by atoms with Gasteiger partial charge in [-0.2, -0.15) is 0 Å². The van der Waals surface area contributed by atoms with E-state index in [-0.39, 0.29) is 5.41 Å². The molecule has 0 aliphatic carbocycles. The van der Waals surface area contributed by atoms with E-state index in [9.17, 15) is 0 Å². The van der Waals surface area contributed by atoms with Crippen molar-refractivity contribution in [3.05, 3.63) is 59.2 Å². The summed E-state index contributed by atoms with van der Waals surface area (Å²) in [5.74, 6) is 1.03. The fraction of sp³-hybridized carbons (Fsp3) is 0.294. The van der Waals surface area contributed by atoms with Crippen molar-refractivity contribution < 1.29 is 9.47 Å². The maximum Gasteiger partial charge on any atom is 0.122 e. The van der Waals surface area contributed by atoms with Gasteiger partial charge in [0.1, 0.15) is 5.75 Å². The van der Waals surface area contributed by atoms with Crippen LogP contribution >= 0.6 is 0 Å². The third-order valence-electron chi connectivity index (χ3n) is 4.40. The molecule has 0 spiro atoms. The van der Waals surface area contributed by atoms with Gasteiger partial charge in [0.05, 0.1) is 25.2 Å². The van der Waals surface area contributed by atoms with Gasteiger partial charge in [0, 0.05) is 12.1 Å². The molecule has 102 valence electrons. The van der Waals surface area contributed by atoms with Crippen molar-refractivity contribution >= 4 is 5.69 Å². The molecule has 2 N–H and O–H groups in total. The number of rotatable bonds is 2. The van der Waals surface area contributed by atoms with E-state index in [2.05, 4.69) is 30.3 Å². The molecule has 20 heavy (non-hydrogen) atoms. The average Bonchev–Trinajstić information content (AvgIpc) is 2.87. The van der Waals surface area contributed by atoms with Gasteiger partial charge in [-0.25, -0.2) is 0 Å². The summed E-state index contributed by atoms with van der Waals surface area (Å²) >= 11 is 0. The molecule has 2 aliphatic rings. The summed E-state index contributed by atoms with van der Waals surface area (Å²) in [5.41, 5.74) is 10.5. The first kappa shape index (κ1) is 11.8. The second kappa shape index (κ2) is 4.25. The molecule has 1 saturated heterocycles. The lowest BCUT2D eigenvalue weighted by Crippen LogP contribution is -2.47. The first-order valence-electron chi connectivity index (χ1n) is 6.98. The Labute approximate surface area is 118 Å². The van der Waals surface area contributed by atoms with E-state index >= 15 is 0 Å². The third kappa shape index (κ3) is 1.63. The molecule has 2 aromatic rings. The minimum absolute atomic E-state index is 0.0225. The van der Waals surface area contributed by atoms with E-state index in [4.69, 9.17) is 15.2 Å². The Morgan fingerprint density at radius 1 is 0.950 bits per heavy atom. The highest BCUT2D eigenvalue weighted by atomic mass is 16.5. The second-order valence-corrected chi connectivity index (χ2v) is 5.62. The monoisotopic (exact) mass is 267 g/mol. The number of fused-ring (bicyclic) bond motifs is 1. The largest absolute Gasteiger partial charge is 0.493 e. The maximum absolute atomic E-state index is 5.79. The molecule has 0 saturated carbocycles. The number of benzene rings is 2. The zero-order valence-corrected chi connectivity index (χ0v) is 11.3. The van der Waals surface area contributed by atoms with Crippen molar-refractivity contribution in [1.82, 2.24) is 0 Å². The van der Waals surface area contributed by atoms with Crippen molar-refractivity contribution in [3.63, 3.8) is 0 Å². The third-order valence-corrected chi connectivity index (χ3v) is 4.40. The summed E-state index contributed by atoms with van der Waals surface area (Å²) in [4.78, 5) is 0. The fourth-order valence-electron chi connectivity index (χ4n) is 3.09. The van der Waals surface area contributed by atoms with Crippen LogP contribution in [0.15, 0.2) is 42.5 Å². The summed E-state index contributed by atoms with van der Waals surface area (Å²) < 4.78 is 11.1. The highest BCUT2D eigenvalue weighted by Gasteiger charge is 2.42. The van der Waals surface area contributed by atoms with Crippen LogP contribution in [0.1, 0.15) is 16.7 Å². The van der Waals surface area contributed by atoms with E-state index in [0.29, 0.717) is 0 Å². The highest BCUT2D eigenvalue weighted by Crippen LogP contribution is 2.41. The SMILES string of the molecule is Nc1ccc(C2(c3ccc4c(c3)CCO4)COC2)cc1. The molecule has 2 aliphatic heterocycles. The lowest BCUT2D eigenvalue weighted by molar-refractivity contribution is -0.0380. The lowest BCUT2D eigenvalue weighted by Gasteiger charge is -2.42. The molecule has 2 heterocycles. The number of nitrogens with two attached hydrogens (primary N) is 1. The van der Waals surface area contributed by atoms with E-state index < -0.39 is 0 Å². The summed E-state index contributed by atoms with van der Waals surface area (Å²) in [5, 5.41) is 0. The van der Waals surface area contributed by atoms with E-state index in [1.54, 1.807) is 0 Å². The smallest absolute Gasteiger partial charge is 0.122 e. The van der Waals surface area contributed by atoms with E-state index in [1.165, 1.54) is 16.7 Å². The molecule has 0 atom stereocenters. The molecule has 0 bridgehead atoms. The van der Waals surface area contributed by atoms with Crippen LogP contribution in [0.4, 0.5) is 5.69 Å². The number of hydrogen-bond acceptors (Lipinski definition) is 3. The van der Waals surface area contributed by atoms with E-state index in [1.807, 2.05) is 12.1 Å². The topological polar surface area (TPSA) is 44.5 Å². The van der Waals surface area contributed by atoms with Crippen LogP contribution < -0.4 is 10.5 Å². The van der Waals surface area contributed by atoms with Gasteiger partial charge in [-0.3, -0.25) is 0 Å². The maximum atomic E-state index is 5.79. The van der Waals surface area contributed by atoms with Gasteiger partial charge in [0.25, 0.3) is 0 Å². The van der Waals surface area contributed by atoms with Gasteiger partial charge in [0.2, 0.25) is 0 Å². The van der Waals surface area contributed by atoms with E-state index in [0.717, 1.165) is 37.7 Å². The number of anilines is 1. The predicted octanol–water partition coefficient (Wildman–Crippen LogP) is 2.52. The van der Waals surface area contributed by atoms with Crippen molar-refractivity contribution in [3.8, 4) is 5.75 Å². The zero-order chi connectivity index (χ0) is 13.6. The molecule has 2 aromatic carbocycles. The van der Waals surface area contributed by atoms with Crippen LogP contribution in [-0.4, -0.2) is 19.8 Å². The van der Waals surface area contributed by atoms with Gasteiger partial charge < -0.3 is 15.2 Å². The van der Waals surface area contributed by atoms with Crippen LogP contribution in [-0.2, 0) is 16.6 Å². The molecule has 0 radical (unpaired) electrons. The number of hydrogen-bond donors (Lipinski definition) is 1. The Morgan fingerprint density at radius 3 is 2.40 bits per heavy atom. The van der Waals surface area contributed by atoms with Gasteiger partial charge in [-0.15, -0.1) is 0 Å². The quantitative estimate of drug-likeness (QED) is 0.850. The Hall–Kier alpha value is -2.00. The van der Waals surface area contributed by atoms with Crippen LogP contribution in [0.5, 0.6) is 5.75 Å². The first-order valence-corrected chi connectivity index (χ1v) is 6.98. The molecule has 0 amide bonds. The Kier molecular flexibility index (Phi) is 2.51. The first-order chi connectivity index (χ1) is 9.78. The summed E-state index contributed by atoms with van der Waals surface area (Å²) in [6, 6.07) is 14.7. The zero-order valence-electron chi connectivity index (χ0n) is 11.3. The predicted molar refractivity (Wildman–Crippen MR) is 78.1 cm³/mol. The molecule has 4 rings (SSSR count). The van der Waals surface area contributed by atoms with Crippen LogP contribution in [0.25, 0.3) is 0 Å². The van der Waals surface area contributed by atoms with Crippen LogP contribution in [0.2, 0.25) is 0 Å². The van der Waals surface area contributed by atoms with Crippen molar-refractivity contribution in [1.29, 1.82) is 0 Å². The molecule has 0 unspecified atom stereocenters. The Bertz CT molecular complexity index is 645.